The Morgan fingerprint density at radius 2 is 1.91 bits per heavy atom. The van der Waals surface area contributed by atoms with Crippen molar-refractivity contribution in [1.82, 2.24) is 15.0 Å². The first-order chi connectivity index (χ1) is 16.7. The van der Waals surface area contributed by atoms with Crippen molar-refractivity contribution in [2.45, 2.75) is 38.8 Å². The maximum atomic E-state index is 9.74. The minimum absolute atomic E-state index is 0.0961. The summed E-state index contributed by atoms with van der Waals surface area (Å²) in [6.07, 6.45) is 2.90. The van der Waals surface area contributed by atoms with Gasteiger partial charge < -0.3 is 24.2 Å². The van der Waals surface area contributed by atoms with E-state index in [-0.39, 0.29) is 12.6 Å². The van der Waals surface area contributed by atoms with E-state index in [1.165, 1.54) is 0 Å². The molecular weight excluding hydrogens is 432 g/mol. The van der Waals surface area contributed by atoms with Crippen molar-refractivity contribution in [3.8, 4) is 17.0 Å². The van der Waals surface area contributed by atoms with Gasteiger partial charge in [-0.25, -0.2) is 15.0 Å². The molecule has 1 aromatic carbocycles. The highest BCUT2D eigenvalue weighted by atomic mass is 16.5. The van der Waals surface area contributed by atoms with Gasteiger partial charge in [-0.1, -0.05) is 0 Å². The van der Waals surface area contributed by atoms with E-state index >= 15 is 0 Å². The van der Waals surface area contributed by atoms with Crippen LogP contribution in [-0.2, 0) is 22.5 Å². The van der Waals surface area contributed by atoms with E-state index in [0.717, 1.165) is 72.9 Å². The number of anilines is 1. The van der Waals surface area contributed by atoms with Gasteiger partial charge in [0.05, 0.1) is 44.1 Å². The smallest absolute Gasteiger partial charge is 0.165 e. The molecule has 0 amide bonds. The number of ether oxygens (including phenoxy) is 3. The Balaban J connectivity index is 1.57. The van der Waals surface area contributed by atoms with Gasteiger partial charge in [0, 0.05) is 37.3 Å². The lowest BCUT2D eigenvalue weighted by atomic mass is 9.96. The van der Waals surface area contributed by atoms with E-state index in [1.807, 2.05) is 24.3 Å². The third kappa shape index (κ3) is 4.71. The number of benzene rings is 1. The molecule has 0 spiro atoms. The monoisotopic (exact) mass is 464 g/mol. The van der Waals surface area contributed by atoms with E-state index < -0.39 is 0 Å². The first-order valence-corrected chi connectivity index (χ1v) is 12.0. The molecular formula is C26H32N4O4. The Morgan fingerprint density at radius 1 is 1.06 bits per heavy atom. The van der Waals surface area contributed by atoms with Crippen molar-refractivity contribution in [2.24, 2.45) is 5.92 Å². The molecule has 2 fully saturated rings. The Morgan fingerprint density at radius 3 is 2.68 bits per heavy atom. The number of rotatable bonds is 6. The summed E-state index contributed by atoms with van der Waals surface area (Å²) >= 11 is 0. The fraction of sp³-hybridized carbons (Fsp3) is 0.500. The highest BCUT2D eigenvalue weighted by Crippen LogP contribution is 2.31. The molecule has 0 radical (unpaired) electrons. The molecule has 1 N–H and O–H groups in total. The molecule has 1 atom stereocenters. The van der Waals surface area contributed by atoms with Crippen molar-refractivity contribution in [1.29, 1.82) is 0 Å². The van der Waals surface area contributed by atoms with Gasteiger partial charge in [0.15, 0.2) is 5.65 Å². The fourth-order valence-corrected chi connectivity index (χ4v) is 4.82. The number of hydrogen-bond acceptors (Lipinski definition) is 8. The summed E-state index contributed by atoms with van der Waals surface area (Å²) in [5, 5.41) is 10.7. The molecule has 2 aromatic heterocycles. The lowest BCUT2D eigenvalue weighted by molar-refractivity contribution is 0.0660. The quantitative estimate of drug-likeness (QED) is 0.594. The number of pyridine rings is 1. The highest BCUT2D eigenvalue weighted by molar-refractivity contribution is 5.89. The first kappa shape index (κ1) is 23.0. The van der Waals surface area contributed by atoms with Crippen molar-refractivity contribution in [3.05, 3.63) is 41.7 Å². The van der Waals surface area contributed by atoms with Gasteiger partial charge in [-0.05, 0) is 56.0 Å². The van der Waals surface area contributed by atoms with E-state index in [9.17, 15) is 5.11 Å². The molecule has 3 aromatic rings. The first-order valence-electron chi connectivity index (χ1n) is 12.0. The second-order valence-corrected chi connectivity index (χ2v) is 9.09. The average Bonchev–Trinajstić information content (AvgIpc) is 2.88. The molecule has 2 aliphatic heterocycles. The number of fused-ring (bicyclic) bond motifs is 1. The molecule has 0 saturated carbocycles. The second kappa shape index (κ2) is 10.2. The molecule has 4 heterocycles. The summed E-state index contributed by atoms with van der Waals surface area (Å²) in [6.45, 7) is 5.85. The van der Waals surface area contributed by atoms with Crippen LogP contribution in [0, 0.1) is 5.92 Å². The normalized spacial score (nSPS) is 19.5. The topological polar surface area (TPSA) is 89.8 Å². The van der Waals surface area contributed by atoms with Crippen LogP contribution in [0.15, 0.2) is 30.3 Å². The predicted octanol–water partition coefficient (Wildman–Crippen LogP) is 3.39. The summed E-state index contributed by atoms with van der Waals surface area (Å²) in [7, 11) is 1.60. The summed E-state index contributed by atoms with van der Waals surface area (Å²) < 4.78 is 16.6. The molecule has 180 valence electrons. The highest BCUT2D eigenvalue weighted by Gasteiger charge is 2.25. The summed E-state index contributed by atoms with van der Waals surface area (Å²) in [5.74, 6) is 2.96. The molecule has 0 bridgehead atoms. The van der Waals surface area contributed by atoms with Gasteiger partial charge in [-0.2, -0.15) is 0 Å². The Kier molecular flexibility index (Phi) is 6.89. The van der Waals surface area contributed by atoms with Gasteiger partial charge in [-0.15, -0.1) is 0 Å². The third-order valence-electron chi connectivity index (χ3n) is 6.78. The largest absolute Gasteiger partial charge is 0.496 e. The lowest BCUT2D eigenvalue weighted by Crippen LogP contribution is -2.44. The predicted molar refractivity (Wildman–Crippen MR) is 130 cm³/mol. The molecule has 1 unspecified atom stereocenters. The number of aliphatic hydroxyl groups is 1. The van der Waals surface area contributed by atoms with Crippen LogP contribution >= 0.6 is 0 Å². The maximum absolute atomic E-state index is 9.74. The zero-order valence-corrected chi connectivity index (χ0v) is 19.9. The van der Waals surface area contributed by atoms with Crippen LogP contribution in [-0.4, -0.2) is 66.2 Å². The van der Waals surface area contributed by atoms with Crippen molar-refractivity contribution < 1.29 is 19.3 Å². The molecule has 0 aliphatic carbocycles. The minimum atomic E-state index is -0.0961. The van der Waals surface area contributed by atoms with Crippen LogP contribution in [0.5, 0.6) is 5.75 Å². The Bertz CT molecular complexity index is 1150. The molecule has 34 heavy (non-hydrogen) atoms. The number of aliphatic hydroxyl groups excluding tert-OH is 1. The summed E-state index contributed by atoms with van der Waals surface area (Å²) in [6, 6.07) is 10.0. The van der Waals surface area contributed by atoms with E-state index in [1.54, 1.807) is 7.11 Å². The van der Waals surface area contributed by atoms with Gasteiger partial charge in [0.2, 0.25) is 0 Å². The minimum Gasteiger partial charge on any atom is -0.496 e. The number of morpholine rings is 1. The number of nitrogens with zero attached hydrogens (tertiary/aromatic N) is 4. The van der Waals surface area contributed by atoms with E-state index in [4.69, 9.17) is 29.2 Å². The molecule has 2 aliphatic rings. The molecule has 8 heteroatoms. The van der Waals surface area contributed by atoms with Crippen LogP contribution in [0.1, 0.15) is 31.2 Å². The standard InChI is InChI=1S/C26H32N4O4/c1-17-16-34-12-9-30(17)26-21-4-5-22(19-3-6-23(32-2)20(14-19)15-31)27-25(21)28-24(29-26)13-18-7-10-33-11-8-18/h3-6,14,17-18,31H,7-13,15-16H2,1-2H3. The molecule has 8 nitrogen and oxygen atoms in total. The van der Waals surface area contributed by atoms with E-state index in [2.05, 4.69) is 17.9 Å². The Hall–Kier alpha value is -2.81. The lowest BCUT2D eigenvalue weighted by Gasteiger charge is -2.35. The third-order valence-corrected chi connectivity index (χ3v) is 6.78. The van der Waals surface area contributed by atoms with Crippen LogP contribution in [0.4, 0.5) is 5.82 Å². The zero-order chi connectivity index (χ0) is 23.5. The van der Waals surface area contributed by atoms with Crippen molar-refractivity contribution in [2.75, 3.05) is 45.0 Å². The second-order valence-electron chi connectivity index (χ2n) is 9.09. The Labute approximate surface area is 199 Å². The van der Waals surface area contributed by atoms with Crippen molar-refractivity contribution >= 4 is 16.9 Å². The average molecular weight is 465 g/mol. The fourth-order valence-electron chi connectivity index (χ4n) is 4.82. The van der Waals surface area contributed by atoms with Crippen LogP contribution < -0.4 is 9.64 Å². The molecule has 5 rings (SSSR count). The SMILES string of the molecule is COc1ccc(-c2ccc3c(N4CCOCC4C)nc(CC4CCOCC4)nc3n2)cc1CO. The van der Waals surface area contributed by atoms with E-state index in [0.29, 0.717) is 30.5 Å². The van der Waals surface area contributed by atoms with Gasteiger partial charge >= 0.3 is 0 Å². The van der Waals surface area contributed by atoms with Gasteiger partial charge in [0.25, 0.3) is 0 Å². The number of hydrogen-bond donors (Lipinski definition) is 1. The summed E-state index contributed by atoms with van der Waals surface area (Å²) in [5.41, 5.74) is 3.15. The number of methoxy groups -OCH3 is 1. The summed E-state index contributed by atoms with van der Waals surface area (Å²) in [4.78, 5) is 17.2. The van der Waals surface area contributed by atoms with Crippen LogP contribution in [0.2, 0.25) is 0 Å². The maximum Gasteiger partial charge on any atom is 0.165 e. The van der Waals surface area contributed by atoms with Crippen LogP contribution in [0.3, 0.4) is 0 Å². The molecule has 2 saturated heterocycles. The van der Waals surface area contributed by atoms with Gasteiger partial charge in [-0.3, -0.25) is 0 Å². The van der Waals surface area contributed by atoms with Gasteiger partial charge in [0.1, 0.15) is 17.4 Å². The number of aromatic nitrogens is 3. The zero-order valence-electron chi connectivity index (χ0n) is 19.9. The van der Waals surface area contributed by atoms with Crippen molar-refractivity contribution in [3.63, 3.8) is 0 Å². The van der Waals surface area contributed by atoms with Crippen LogP contribution in [0.25, 0.3) is 22.3 Å².